The topological polar surface area (TPSA) is 58.8 Å². The molecule has 1 spiro atoms. The minimum absolute atomic E-state index is 0.156. The van der Waals surface area contributed by atoms with Gasteiger partial charge in [0.1, 0.15) is 11.5 Å². The maximum absolute atomic E-state index is 9.57. The maximum Gasteiger partial charge on any atom is 0.160 e. The summed E-state index contributed by atoms with van der Waals surface area (Å²) in [5, 5.41) is 12.1. The Morgan fingerprint density at radius 3 is 2.22 bits per heavy atom. The van der Waals surface area contributed by atoms with E-state index >= 15 is 0 Å². The van der Waals surface area contributed by atoms with Crippen LogP contribution in [0.25, 0.3) is 54.1 Å². The van der Waals surface area contributed by atoms with E-state index in [-0.39, 0.29) is 5.41 Å². The van der Waals surface area contributed by atoms with Gasteiger partial charge in [0.25, 0.3) is 0 Å². The van der Waals surface area contributed by atoms with Crippen LogP contribution in [0.2, 0.25) is 0 Å². The lowest BCUT2D eigenvalue weighted by Gasteiger charge is -2.43. The number of aromatic nitrogens is 2. The predicted molar refractivity (Wildman–Crippen MR) is 186 cm³/mol. The first-order chi connectivity index (χ1) is 22.7. The van der Waals surface area contributed by atoms with Crippen molar-refractivity contribution >= 4 is 31.5 Å². The standard InChI is InChI=1S/C41H29N3OS/c42-25-26-13-17-32-37(21-26)45-36-18-15-29(22-33(36)41(32)19-7-2-8-20-41)40-43-34(27-9-3-1-4-10-27)24-35(44-40)28-14-16-31-30-11-5-6-12-38(30)46-39(31)23-28/h1,3-6,9-18,21-24H,2,7-8,19-20H2. The first kappa shape index (κ1) is 27.0. The number of fused-ring (bicyclic) bond motifs is 7. The molecule has 1 aliphatic carbocycles. The van der Waals surface area contributed by atoms with E-state index in [0.29, 0.717) is 11.4 Å². The van der Waals surface area contributed by atoms with Crippen molar-refractivity contribution in [3.8, 4) is 51.5 Å². The average Bonchev–Trinajstić information content (AvgIpc) is 3.50. The van der Waals surface area contributed by atoms with Crippen LogP contribution in [-0.4, -0.2) is 9.97 Å². The van der Waals surface area contributed by atoms with Crippen LogP contribution in [0.1, 0.15) is 48.8 Å². The molecule has 2 aliphatic rings. The van der Waals surface area contributed by atoms with Crippen LogP contribution in [0, 0.1) is 11.3 Å². The van der Waals surface area contributed by atoms with E-state index in [1.807, 2.05) is 29.5 Å². The molecule has 9 rings (SSSR count). The third-order valence-corrected chi connectivity index (χ3v) is 10.9. The second-order valence-corrected chi connectivity index (χ2v) is 13.5. The van der Waals surface area contributed by atoms with Crippen molar-refractivity contribution in [3.63, 3.8) is 0 Å². The van der Waals surface area contributed by atoms with E-state index < -0.39 is 0 Å². The molecule has 220 valence electrons. The number of nitriles is 1. The van der Waals surface area contributed by atoms with E-state index in [1.165, 1.54) is 37.7 Å². The molecule has 1 fully saturated rings. The summed E-state index contributed by atoms with van der Waals surface area (Å²) in [5.74, 6) is 2.37. The van der Waals surface area contributed by atoms with E-state index in [1.54, 1.807) is 0 Å². The van der Waals surface area contributed by atoms with Gasteiger partial charge in [-0.15, -0.1) is 11.3 Å². The number of thiophene rings is 1. The van der Waals surface area contributed by atoms with Crippen molar-refractivity contribution in [2.24, 2.45) is 0 Å². The van der Waals surface area contributed by atoms with Gasteiger partial charge in [-0.1, -0.05) is 86.0 Å². The summed E-state index contributed by atoms with van der Waals surface area (Å²) in [4.78, 5) is 10.4. The summed E-state index contributed by atoms with van der Waals surface area (Å²) < 4.78 is 9.05. The van der Waals surface area contributed by atoms with Crippen molar-refractivity contribution in [3.05, 3.63) is 132 Å². The third-order valence-electron chi connectivity index (χ3n) is 9.78. The van der Waals surface area contributed by atoms with Gasteiger partial charge >= 0.3 is 0 Å². The summed E-state index contributed by atoms with van der Waals surface area (Å²) in [6.45, 7) is 0. The highest BCUT2D eigenvalue weighted by Gasteiger charge is 2.43. The summed E-state index contributed by atoms with van der Waals surface area (Å²) >= 11 is 1.82. The number of ether oxygens (including phenoxy) is 1. The quantitative estimate of drug-likeness (QED) is 0.199. The van der Waals surface area contributed by atoms with Crippen LogP contribution >= 0.6 is 11.3 Å². The smallest absolute Gasteiger partial charge is 0.160 e. The van der Waals surface area contributed by atoms with Crippen LogP contribution in [0.5, 0.6) is 11.5 Å². The van der Waals surface area contributed by atoms with Crippen molar-refractivity contribution < 1.29 is 4.74 Å². The number of benzene rings is 5. The molecule has 7 aromatic rings. The molecule has 5 aromatic carbocycles. The van der Waals surface area contributed by atoms with Gasteiger partial charge in [-0.2, -0.15) is 5.26 Å². The average molecular weight is 612 g/mol. The second kappa shape index (κ2) is 10.7. The first-order valence-corrected chi connectivity index (χ1v) is 16.7. The Morgan fingerprint density at radius 2 is 1.37 bits per heavy atom. The number of hydrogen-bond acceptors (Lipinski definition) is 5. The molecule has 0 saturated heterocycles. The number of rotatable bonds is 3. The Morgan fingerprint density at radius 1 is 0.609 bits per heavy atom. The van der Waals surface area contributed by atoms with Crippen molar-refractivity contribution in [2.45, 2.75) is 37.5 Å². The van der Waals surface area contributed by atoms with Crippen molar-refractivity contribution in [1.29, 1.82) is 5.26 Å². The highest BCUT2D eigenvalue weighted by molar-refractivity contribution is 7.25. The minimum Gasteiger partial charge on any atom is -0.457 e. The van der Waals surface area contributed by atoms with Crippen LogP contribution in [0.15, 0.2) is 115 Å². The molecule has 1 aliphatic heterocycles. The Balaban J connectivity index is 1.21. The molecule has 5 heteroatoms. The van der Waals surface area contributed by atoms with Crippen LogP contribution in [0.3, 0.4) is 0 Å². The maximum atomic E-state index is 9.57. The zero-order chi connectivity index (χ0) is 30.7. The van der Waals surface area contributed by atoms with Gasteiger partial charge in [-0.05, 0) is 61.4 Å². The Hall–Kier alpha value is -5.31. The Bertz CT molecular complexity index is 2340. The van der Waals surface area contributed by atoms with Gasteiger partial charge < -0.3 is 4.74 Å². The molecule has 1 saturated carbocycles. The largest absolute Gasteiger partial charge is 0.457 e. The minimum atomic E-state index is -0.156. The van der Waals surface area contributed by atoms with Gasteiger partial charge in [-0.3, -0.25) is 0 Å². The third kappa shape index (κ3) is 4.33. The molecule has 2 aromatic heterocycles. The molecular formula is C41H29N3OS. The SMILES string of the molecule is N#Cc1ccc2c(c1)Oc1ccc(-c3nc(-c4ccccc4)cc(-c4ccc5c(c4)sc4ccccc45)n3)cc1C21CCCCC1. The molecule has 0 radical (unpaired) electrons. The molecule has 4 nitrogen and oxygen atoms in total. The lowest BCUT2D eigenvalue weighted by Crippen LogP contribution is -2.33. The van der Waals surface area contributed by atoms with Crippen LogP contribution in [-0.2, 0) is 5.41 Å². The lowest BCUT2D eigenvalue weighted by molar-refractivity contribution is 0.306. The monoisotopic (exact) mass is 611 g/mol. The lowest BCUT2D eigenvalue weighted by atomic mass is 9.63. The number of nitrogens with zero attached hydrogens (tertiary/aromatic N) is 3. The zero-order valence-electron chi connectivity index (χ0n) is 25.2. The summed E-state index contributed by atoms with van der Waals surface area (Å²) in [6, 6.07) is 42.4. The van der Waals surface area contributed by atoms with Gasteiger partial charge in [0.05, 0.1) is 23.0 Å². The summed E-state index contributed by atoms with van der Waals surface area (Å²) in [7, 11) is 0. The van der Waals surface area contributed by atoms with Crippen molar-refractivity contribution in [2.75, 3.05) is 0 Å². The van der Waals surface area contributed by atoms with E-state index in [9.17, 15) is 5.26 Å². The van der Waals surface area contributed by atoms with Gasteiger partial charge in [0.15, 0.2) is 5.82 Å². The molecule has 0 N–H and O–H groups in total. The van der Waals surface area contributed by atoms with Crippen LogP contribution in [0.4, 0.5) is 0 Å². The molecule has 0 unspecified atom stereocenters. The predicted octanol–water partition coefficient (Wildman–Crippen LogP) is 11.1. The molecular weight excluding hydrogens is 583 g/mol. The molecule has 0 atom stereocenters. The van der Waals surface area contributed by atoms with E-state index in [2.05, 4.69) is 103 Å². The highest BCUT2D eigenvalue weighted by atomic mass is 32.1. The van der Waals surface area contributed by atoms with Crippen molar-refractivity contribution in [1.82, 2.24) is 9.97 Å². The Labute approximate surface area is 271 Å². The summed E-state index contributed by atoms with van der Waals surface area (Å²) in [5.41, 5.74) is 7.76. The fourth-order valence-electron chi connectivity index (χ4n) is 7.53. The van der Waals surface area contributed by atoms with Gasteiger partial charge in [-0.25, -0.2) is 9.97 Å². The molecule has 0 amide bonds. The van der Waals surface area contributed by atoms with Gasteiger partial charge in [0, 0.05) is 53.4 Å². The Kier molecular flexibility index (Phi) is 6.26. The molecule has 3 heterocycles. The normalized spacial score (nSPS) is 14.8. The fraction of sp³-hybridized carbons (Fsp3) is 0.146. The first-order valence-electron chi connectivity index (χ1n) is 15.9. The van der Waals surface area contributed by atoms with E-state index in [4.69, 9.17) is 14.7 Å². The zero-order valence-corrected chi connectivity index (χ0v) is 26.0. The molecule has 0 bridgehead atoms. The summed E-state index contributed by atoms with van der Waals surface area (Å²) in [6.07, 6.45) is 5.66. The van der Waals surface area contributed by atoms with Crippen LogP contribution < -0.4 is 4.74 Å². The highest BCUT2D eigenvalue weighted by Crippen LogP contribution is 2.55. The second-order valence-electron chi connectivity index (χ2n) is 12.4. The number of hydrogen-bond donors (Lipinski definition) is 0. The van der Waals surface area contributed by atoms with Gasteiger partial charge in [0.2, 0.25) is 0 Å². The molecule has 46 heavy (non-hydrogen) atoms. The van der Waals surface area contributed by atoms with E-state index in [0.717, 1.165) is 65.3 Å². The fourth-order valence-corrected chi connectivity index (χ4v) is 8.67.